The molecule has 5 heteroatoms. The van der Waals surface area contributed by atoms with Gasteiger partial charge in [0.1, 0.15) is 6.07 Å². The Kier molecular flexibility index (Phi) is 3.75. The van der Waals surface area contributed by atoms with Crippen LogP contribution in [0, 0.1) is 11.3 Å². The Morgan fingerprint density at radius 2 is 1.94 bits per heavy atom. The van der Waals surface area contributed by atoms with Gasteiger partial charge in [-0.25, -0.2) is 0 Å². The second kappa shape index (κ2) is 5.30. The summed E-state index contributed by atoms with van der Waals surface area (Å²) in [5.41, 5.74) is 8.35. The molecule has 0 aliphatic carbocycles. The maximum absolute atomic E-state index is 9.04. The molecule has 0 aromatic heterocycles. The average molecular weight is 323 g/mol. The van der Waals surface area contributed by atoms with Gasteiger partial charge in [0.2, 0.25) is 0 Å². The topological polar surface area (TPSA) is 61.8 Å². The highest BCUT2D eigenvalue weighted by atomic mass is 79.9. The number of hydrogen-bond donors (Lipinski definition) is 2. The van der Waals surface area contributed by atoms with E-state index in [1.807, 2.05) is 12.1 Å². The summed E-state index contributed by atoms with van der Waals surface area (Å²) in [6.07, 6.45) is 0. The smallest absolute Gasteiger partial charge is 0.101 e. The van der Waals surface area contributed by atoms with Crippen molar-refractivity contribution in [2.75, 3.05) is 11.1 Å². The molecular formula is C13H9BrClN3. The molecule has 0 bridgehead atoms. The fourth-order valence-corrected chi connectivity index (χ4v) is 2.05. The SMILES string of the molecule is N#Cc1ccc(Br)cc1Nc1ccc(Cl)cc1N. The number of anilines is 3. The largest absolute Gasteiger partial charge is 0.397 e. The average Bonchev–Trinajstić information content (AvgIpc) is 2.33. The van der Waals surface area contributed by atoms with Gasteiger partial charge >= 0.3 is 0 Å². The number of halogens is 2. The van der Waals surface area contributed by atoms with E-state index in [-0.39, 0.29) is 0 Å². The van der Waals surface area contributed by atoms with Gasteiger partial charge in [-0.1, -0.05) is 27.5 Å². The second-order valence-electron chi connectivity index (χ2n) is 3.66. The first-order valence-corrected chi connectivity index (χ1v) is 6.29. The van der Waals surface area contributed by atoms with Crippen LogP contribution in [-0.2, 0) is 0 Å². The Morgan fingerprint density at radius 3 is 2.61 bits per heavy atom. The zero-order valence-electron chi connectivity index (χ0n) is 9.24. The summed E-state index contributed by atoms with van der Waals surface area (Å²) in [6.45, 7) is 0. The van der Waals surface area contributed by atoms with Gasteiger partial charge in [-0.2, -0.15) is 5.26 Å². The zero-order valence-corrected chi connectivity index (χ0v) is 11.6. The van der Waals surface area contributed by atoms with Gasteiger partial charge in [0.15, 0.2) is 0 Å². The van der Waals surface area contributed by atoms with Gasteiger partial charge < -0.3 is 11.1 Å². The van der Waals surface area contributed by atoms with Crippen molar-refractivity contribution in [2.45, 2.75) is 0 Å². The lowest BCUT2D eigenvalue weighted by Crippen LogP contribution is -1.98. The van der Waals surface area contributed by atoms with Crippen LogP contribution in [-0.4, -0.2) is 0 Å². The van der Waals surface area contributed by atoms with E-state index in [4.69, 9.17) is 22.6 Å². The number of hydrogen-bond acceptors (Lipinski definition) is 3. The molecule has 0 spiro atoms. The normalized spacial score (nSPS) is 9.83. The third-order valence-electron chi connectivity index (χ3n) is 2.39. The zero-order chi connectivity index (χ0) is 13.1. The van der Waals surface area contributed by atoms with Crippen molar-refractivity contribution in [1.82, 2.24) is 0 Å². The Balaban J connectivity index is 2.40. The molecule has 0 atom stereocenters. The van der Waals surface area contributed by atoms with Crippen molar-refractivity contribution in [3.63, 3.8) is 0 Å². The highest BCUT2D eigenvalue weighted by molar-refractivity contribution is 9.10. The lowest BCUT2D eigenvalue weighted by atomic mass is 10.2. The van der Waals surface area contributed by atoms with Crippen LogP contribution >= 0.6 is 27.5 Å². The van der Waals surface area contributed by atoms with Crippen LogP contribution in [0.4, 0.5) is 17.1 Å². The van der Waals surface area contributed by atoms with Crippen LogP contribution in [0.5, 0.6) is 0 Å². The van der Waals surface area contributed by atoms with Crippen molar-refractivity contribution in [3.8, 4) is 6.07 Å². The molecule has 3 N–H and O–H groups in total. The summed E-state index contributed by atoms with van der Waals surface area (Å²) < 4.78 is 0.886. The third kappa shape index (κ3) is 2.76. The fourth-order valence-electron chi connectivity index (χ4n) is 1.51. The Hall–Kier alpha value is -1.70. The number of benzene rings is 2. The molecule has 0 fully saturated rings. The van der Waals surface area contributed by atoms with Crippen molar-refractivity contribution >= 4 is 44.6 Å². The number of nitrogens with two attached hydrogens (primary N) is 1. The van der Waals surface area contributed by atoms with Crippen molar-refractivity contribution in [2.24, 2.45) is 0 Å². The molecule has 0 heterocycles. The van der Waals surface area contributed by atoms with Crippen LogP contribution in [0.3, 0.4) is 0 Å². The minimum Gasteiger partial charge on any atom is -0.397 e. The summed E-state index contributed by atoms with van der Waals surface area (Å²) in [7, 11) is 0. The van der Waals surface area contributed by atoms with Gasteiger partial charge in [-0.15, -0.1) is 0 Å². The van der Waals surface area contributed by atoms with Crippen LogP contribution in [0.1, 0.15) is 5.56 Å². The van der Waals surface area contributed by atoms with Gasteiger partial charge in [0.25, 0.3) is 0 Å². The van der Waals surface area contributed by atoms with E-state index < -0.39 is 0 Å². The van der Waals surface area contributed by atoms with Gasteiger partial charge in [-0.05, 0) is 36.4 Å². The van der Waals surface area contributed by atoms with Crippen LogP contribution in [0.15, 0.2) is 40.9 Å². The monoisotopic (exact) mass is 321 g/mol. The predicted octanol–water partition coefficient (Wildman–Crippen LogP) is 4.30. The van der Waals surface area contributed by atoms with Crippen molar-refractivity contribution in [1.29, 1.82) is 5.26 Å². The van der Waals surface area contributed by atoms with Gasteiger partial charge in [0.05, 0.1) is 22.6 Å². The van der Waals surface area contributed by atoms with Crippen molar-refractivity contribution in [3.05, 3.63) is 51.5 Å². The van der Waals surface area contributed by atoms with E-state index >= 15 is 0 Å². The molecular weight excluding hydrogens is 314 g/mol. The summed E-state index contributed by atoms with van der Waals surface area (Å²) in [5, 5.41) is 12.7. The first kappa shape index (κ1) is 12.7. The predicted molar refractivity (Wildman–Crippen MR) is 78.0 cm³/mol. The lowest BCUT2D eigenvalue weighted by Gasteiger charge is -2.11. The number of nitrogens with one attached hydrogen (secondary N) is 1. The fraction of sp³-hybridized carbons (Fsp3) is 0. The maximum Gasteiger partial charge on any atom is 0.101 e. The first-order chi connectivity index (χ1) is 8.60. The lowest BCUT2D eigenvalue weighted by molar-refractivity contribution is 1.45. The summed E-state index contributed by atoms with van der Waals surface area (Å²) >= 11 is 9.20. The van der Waals surface area contributed by atoms with Gasteiger partial charge in [-0.3, -0.25) is 0 Å². The van der Waals surface area contributed by atoms with E-state index in [2.05, 4.69) is 27.3 Å². The first-order valence-electron chi connectivity index (χ1n) is 5.12. The van der Waals surface area contributed by atoms with Crippen LogP contribution in [0.2, 0.25) is 5.02 Å². The Labute approximate surface area is 118 Å². The highest BCUT2D eigenvalue weighted by Gasteiger charge is 2.05. The van der Waals surface area contributed by atoms with Crippen LogP contribution in [0.25, 0.3) is 0 Å². The summed E-state index contributed by atoms with van der Waals surface area (Å²) in [4.78, 5) is 0. The summed E-state index contributed by atoms with van der Waals surface area (Å²) in [6, 6.07) is 12.7. The number of nitrogen functional groups attached to an aromatic ring is 1. The molecule has 3 nitrogen and oxygen atoms in total. The molecule has 2 aromatic rings. The quantitative estimate of drug-likeness (QED) is 0.810. The molecule has 0 saturated heterocycles. The Bertz CT molecular complexity index is 635. The molecule has 0 unspecified atom stereocenters. The molecule has 2 aromatic carbocycles. The molecule has 90 valence electrons. The van der Waals surface area contributed by atoms with E-state index in [9.17, 15) is 0 Å². The standard InChI is InChI=1S/C13H9BrClN3/c14-9-2-1-8(7-16)13(5-9)18-12-4-3-10(15)6-11(12)17/h1-6,18H,17H2. The Morgan fingerprint density at radius 1 is 1.17 bits per heavy atom. The van der Waals surface area contributed by atoms with Gasteiger partial charge in [0, 0.05) is 9.50 Å². The minimum absolute atomic E-state index is 0.534. The molecule has 0 radical (unpaired) electrons. The molecule has 0 aliphatic rings. The van der Waals surface area contributed by atoms with E-state index in [1.165, 1.54) is 0 Å². The second-order valence-corrected chi connectivity index (χ2v) is 5.01. The van der Waals surface area contributed by atoms with E-state index in [0.29, 0.717) is 27.6 Å². The van der Waals surface area contributed by atoms with Crippen molar-refractivity contribution < 1.29 is 0 Å². The highest BCUT2D eigenvalue weighted by Crippen LogP contribution is 2.29. The number of rotatable bonds is 2. The number of nitriles is 1. The molecule has 0 amide bonds. The minimum atomic E-state index is 0.534. The third-order valence-corrected chi connectivity index (χ3v) is 3.11. The molecule has 0 aliphatic heterocycles. The maximum atomic E-state index is 9.04. The van der Waals surface area contributed by atoms with E-state index in [0.717, 1.165) is 4.47 Å². The van der Waals surface area contributed by atoms with E-state index in [1.54, 1.807) is 24.3 Å². The molecule has 2 rings (SSSR count). The molecule has 0 saturated carbocycles. The summed E-state index contributed by atoms with van der Waals surface area (Å²) in [5.74, 6) is 0. The molecule has 18 heavy (non-hydrogen) atoms. The van der Waals surface area contributed by atoms with Crippen LogP contribution < -0.4 is 11.1 Å². The number of nitrogens with zero attached hydrogens (tertiary/aromatic N) is 1.